The van der Waals surface area contributed by atoms with E-state index in [0.29, 0.717) is 6.07 Å². The predicted octanol–water partition coefficient (Wildman–Crippen LogP) is 3.69. The van der Waals surface area contributed by atoms with Gasteiger partial charge in [-0.3, -0.25) is 9.59 Å². The zero-order valence-corrected chi connectivity index (χ0v) is 14.6. The zero-order valence-electron chi connectivity index (χ0n) is 14.6. The molecule has 2 aromatic carbocycles. The molecular weight excluding hydrogens is 345 g/mol. The van der Waals surface area contributed by atoms with Crippen LogP contribution in [-0.4, -0.2) is 11.8 Å². The van der Waals surface area contributed by atoms with E-state index >= 15 is 0 Å². The van der Waals surface area contributed by atoms with Gasteiger partial charge in [0.15, 0.2) is 17.5 Å². The molecule has 2 aromatic rings. The Bertz CT molecular complexity index is 851. The lowest BCUT2D eigenvalue weighted by Gasteiger charge is -2.23. The average molecular weight is 364 g/mol. The van der Waals surface area contributed by atoms with Gasteiger partial charge in [0, 0.05) is 6.54 Å². The summed E-state index contributed by atoms with van der Waals surface area (Å²) in [5, 5.41) is 4.78. The minimum Gasteiger partial charge on any atom is -0.351 e. The van der Waals surface area contributed by atoms with Crippen molar-refractivity contribution in [3.05, 3.63) is 65.0 Å². The molecule has 138 valence electrons. The highest BCUT2D eigenvalue weighted by Gasteiger charge is 2.36. The first-order chi connectivity index (χ1) is 12.1. The molecule has 4 nitrogen and oxygen atoms in total. The molecule has 26 heavy (non-hydrogen) atoms. The Balaban J connectivity index is 2.08. The van der Waals surface area contributed by atoms with Gasteiger partial charge in [0.2, 0.25) is 11.8 Å². The second-order valence-electron chi connectivity index (χ2n) is 6.41. The molecule has 0 unspecified atom stereocenters. The summed E-state index contributed by atoms with van der Waals surface area (Å²) in [5.41, 5.74) is -0.212. The number of carbonyl (C=O) groups is 2. The Kier molecular flexibility index (Phi) is 5.69. The molecule has 0 aliphatic rings. The maximum absolute atomic E-state index is 13.7. The van der Waals surface area contributed by atoms with Crippen LogP contribution in [0.1, 0.15) is 25.0 Å². The lowest BCUT2D eigenvalue weighted by Crippen LogP contribution is -2.45. The minimum atomic E-state index is -1.69. The summed E-state index contributed by atoms with van der Waals surface area (Å²) in [6.07, 6.45) is 0. The number of anilines is 1. The van der Waals surface area contributed by atoms with Gasteiger partial charge in [0.25, 0.3) is 0 Å². The second kappa shape index (κ2) is 7.59. The monoisotopic (exact) mass is 364 g/mol. The molecule has 2 N–H and O–H groups in total. The van der Waals surface area contributed by atoms with E-state index < -0.39 is 40.4 Å². The smallest absolute Gasteiger partial charge is 0.239 e. The summed E-state index contributed by atoms with van der Waals surface area (Å²) in [5.74, 6) is -6.00. The van der Waals surface area contributed by atoms with Crippen molar-refractivity contribution in [1.82, 2.24) is 5.32 Å². The van der Waals surface area contributed by atoms with Crippen molar-refractivity contribution in [3.63, 3.8) is 0 Å². The fraction of sp³-hybridized carbons (Fsp3) is 0.263. The molecule has 0 saturated carbocycles. The molecule has 0 saturated heterocycles. The van der Waals surface area contributed by atoms with Gasteiger partial charge in [-0.2, -0.15) is 0 Å². The van der Waals surface area contributed by atoms with Gasteiger partial charge in [0.1, 0.15) is 5.41 Å². The van der Waals surface area contributed by atoms with Gasteiger partial charge in [-0.25, -0.2) is 13.2 Å². The summed E-state index contributed by atoms with van der Waals surface area (Å²) >= 11 is 0. The highest BCUT2D eigenvalue weighted by atomic mass is 19.2. The maximum atomic E-state index is 13.7. The lowest BCUT2D eigenvalue weighted by molar-refractivity contribution is -0.138. The molecule has 7 heteroatoms. The Morgan fingerprint density at radius 2 is 1.62 bits per heavy atom. The van der Waals surface area contributed by atoms with Gasteiger partial charge in [-0.15, -0.1) is 0 Å². The van der Waals surface area contributed by atoms with Crippen LogP contribution in [-0.2, 0) is 16.1 Å². The van der Waals surface area contributed by atoms with Crippen LogP contribution in [0, 0.1) is 29.8 Å². The number of rotatable bonds is 5. The highest BCUT2D eigenvalue weighted by molar-refractivity contribution is 6.09. The average Bonchev–Trinajstić information content (AvgIpc) is 2.61. The Labute approximate surface area is 149 Å². The largest absolute Gasteiger partial charge is 0.351 e. The molecule has 0 atom stereocenters. The number of nitrogens with one attached hydrogen (secondary N) is 2. The Hall–Kier alpha value is -2.83. The topological polar surface area (TPSA) is 58.2 Å². The van der Waals surface area contributed by atoms with E-state index in [2.05, 4.69) is 10.6 Å². The van der Waals surface area contributed by atoms with E-state index in [1.807, 2.05) is 31.2 Å². The fourth-order valence-corrected chi connectivity index (χ4v) is 2.21. The van der Waals surface area contributed by atoms with E-state index in [0.717, 1.165) is 17.2 Å². The van der Waals surface area contributed by atoms with Crippen molar-refractivity contribution in [3.8, 4) is 0 Å². The van der Waals surface area contributed by atoms with Gasteiger partial charge in [-0.05, 0) is 44.0 Å². The van der Waals surface area contributed by atoms with Crippen molar-refractivity contribution in [2.75, 3.05) is 5.32 Å². The number of benzene rings is 2. The summed E-state index contributed by atoms with van der Waals surface area (Å²) in [6, 6.07) is 9.03. The third kappa shape index (κ3) is 4.04. The second-order valence-corrected chi connectivity index (χ2v) is 6.41. The van der Waals surface area contributed by atoms with Crippen LogP contribution in [0.25, 0.3) is 0 Å². The van der Waals surface area contributed by atoms with Crippen LogP contribution in [0.3, 0.4) is 0 Å². The van der Waals surface area contributed by atoms with Gasteiger partial charge < -0.3 is 10.6 Å². The van der Waals surface area contributed by atoms with E-state index in [1.165, 1.54) is 13.8 Å². The summed E-state index contributed by atoms with van der Waals surface area (Å²) in [4.78, 5) is 24.7. The molecule has 0 spiro atoms. The summed E-state index contributed by atoms with van der Waals surface area (Å²) in [6.45, 7) is 4.83. The van der Waals surface area contributed by atoms with Crippen LogP contribution in [0.15, 0.2) is 36.4 Å². The first-order valence-corrected chi connectivity index (χ1v) is 7.92. The number of hydrogen-bond donors (Lipinski definition) is 2. The van der Waals surface area contributed by atoms with Crippen LogP contribution in [0.2, 0.25) is 0 Å². The van der Waals surface area contributed by atoms with Gasteiger partial charge >= 0.3 is 0 Å². The van der Waals surface area contributed by atoms with Crippen LogP contribution in [0.4, 0.5) is 18.9 Å². The number of carbonyl (C=O) groups excluding carboxylic acids is 2. The molecule has 2 rings (SSSR count). The van der Waals surface area contributed by atoms with Crippen molar-refractivity contribution in [1.29, 1.82) is 0 Å². The van der Waals surface area contributed by atoms with Crippen molar-refractivity contribution < 1.29 is 22.8 Å². The highest BCUT2D eigenvalue weighted by Crippen LogP contribution is 2.23. The Morgan fingerprint density at radius 1 is 0.962 bits per heavy atom. The first kappa shape index (κ1) is 19.5. The van der Waals surface area contributed by atoms with Crippen molar-refractivity contribution in [2.45, 2.75) is 27.3 Å². The van der Waals surface area contributed by atoms with E-state index in [-0.39, 0.29) is 6.54 Å². The van der Waals surface area contributed by atoms with E-state index in [4.69, 9.17) is 0 Å². The zero-order chi connectivity index (χ0) is 19.5. The van der Waals surface area contributed by atoms with Crippen LogP contribution >= 0.6 is 0 Å². The first-order valence-electron chi connectivity index (χ1n) is 7.92. The third-order valence-corrected chi connectivity index (χ3v) is 4.12. The number of halogens is 3. The van der Waals surface area contributed by atoms with Crippen molar-refractivity contribution >= 4 is 17.5 Å². The number of hydrogen-bond acceptors (Lipinski definition) is 2. The van der Waals surface area contributed by atoms with Crippen LogP contribution in [0.5, 0.6) is 0 Å². The molecule has 2 amide bonds. The number of amides is 2. The number of aryl methyl sites for hydroxylation is 1. The minimum absolute atomic E-state index is 0.224. The fourth-order valence-electron chi connectivity index (χ4n) is 2.21. The molecule has 0 aliphatic carbocycles. The van der Waals surface area contributed by atoms with Crippen LogP contribution < -0.4 is 10.6 Å². The third-order valence-electron chi connectivity index (χ3n) is 4.12. The molecular formula is C19H19F3N2O2. The molecule has 0 radical (unpaired) electrons. The van der Waals surface area contributed by atoms with Crippen molar-refractivity contribution in [2.24, 2.45) is 5.41 Å². The quantitative estimate of drug-likeness (QED) is 0.628. The molecule has 0 aliphatic heterocycles. The summed E-state index contributed by atoms with van der Waals surface area (Å²) < 4.78 is 39.9. The van der Waals surface area contributed by atoms with Gasteiger partial charge in [-0.1, -0.05) is 24.3 Å². The Morgan fingerprint density at radius 3 is 2.27 bits per heavy atom. The predicted molar refractivity (Wildman–Crippen MR) is 91.8 cm³/mol. The lowest BCUT2D eigenvalue weighted by atomic mass is 9.90. The van der Waals surface area contributed by atoms with E-state index in [1.54, 1.807) is 0 Å². The molecule has 0 heterocycles. The molecule has 0 bridgehead atoms. The maximum Gasteiger partial charge on any atom is 0.239 e. The summed E-state index contributed by atoms with van der Waals surface area (Å²) in [7, 11) is 0. The van der Waals surface area contributed by atoms with Gasteiger partial charge in [0.05, 0.1) is 5.69 Å². The SMILES string of the molecule is Cc1ccccc1CNC(=O)C(C)(C)C(=O)Nc1ccc(F)c(F)c1F. The van der Waals surface area contributed by atoms with E-state index in [9.17, 15) is 22.8 Å². The molecule has 0 fully saturated rings. The standard InChI is InChI=1S/C19H19F3N2O2/c1-11-6-4-5-7-12(11)10-23-17(25)19(2,3)18(26)24-14-9-8-13(20)15(21)16(14)22/h4-9H,10H2,1-3H3,(H,23,25)(H,24,26). The molecule has 0 aromatic heterocycles. The normalized spacial score (nSPS) is 11.2.